The summed E-state index contributed by atoms with van der Waals surface area (Å²) in [6.45, 7) is -0.309. The highest BCUT2D eigenvalue weighted by Gasteiger charge is 2.41. The first kappa shape index (κ1) is 18.7. The van der Waals surface area contributed by atoms with Gasteiger partial charge in [0.05, 0.1) is 22.0 Å². The second kappa shape index (κ2) is 9.75. The van der Waals surface area contributed by atoms with Gasteiger partial charge in [-0.15, -0.1) is 0 Å². The summed E-state index contributed by atoms with van der Waals surface area (Å²) < 4.78 is 84.4. The first-order valence-electron chi connectivity index (χ1n) is 19.1. The van der Waals surface area contributed by atoms with E-state index in [1.807, 2.05) is 78.9 Å². The lowest BCUT2D eigenvalue weighted by Gasteiger charge is -2.34. The lowest BCUT2D eigenvalue weighted by Crippen LogP contribution is -2.57. The first-order valence-corrected chi connectivity index (χ1v) is 15.1. The minimum absolute atomic E-state index is 0.0249. The number of benzene rings is 7. The first-order chi connectivity index (χ1) is 26.1. The van der Waals surface area contributed by atoms with Crippen LogP contribution in [0.15, 0.2) is 158 Å². The van der Waals surface area contributed by atoms with Crippen LogP contribution < -0.4 is 25.9 Å². The highest BCUT2D eigenvalue weighted by molar-refractivity contribution is 6.98. The maximum absolute atomic E-state index is 8.96. The predicted molar refractivity (Wildman–Crippen MR) is 189 cm³/mol. The van der Waals surface area contributed by atoms with Crippen LogP contribution in [-0.2, 0) is 0 Å². The summed E-state index contributed by atoms with van der Waals surface area (Å²) >= 11 is 0. The maximum Gasteiger partial charge on any atom is 0.260 e. The van der Waals surface area contributed by atoms with Crippen LogP contribution in [0, 0.1) is 0 Å². The molecule has 0 amide bonds. The van der Waals surface area contributed by atoms with E-state index >= 15 is 0 Å². The van der Waals surface area contributed by atoms with Gasteiger partial charge in [0.2, 0.25) is 0 Å². The third-order valence-electron chi connectivity index (χ3n) is 8.99. The summed E-state index contributed by atoms with van der Waals surface area (Å²) in [6.07, 6.45) is 0. The van der Waals surface area contributed by atoms with E-state index < -0.39 is 24.2 Å². The molecule has 0 radical (unpaired) electrons. The van der Waals surface area contributed by atoms with Crippen molar-refractivity contribution in [2.24, 2.45) is 0 Å². The Hall–Kier alpha value is -6.00. The van der Waals surface area contributed by atoms with Gasteiger partial charge in [-0.25, -0.2) is 0 Å². The number of nitrogens with zero attached hydrogens (tertiary/aromatic N) is 1. The van der Waals surface area contributed by atoms with Crippen LogP contribution in [-0.4, -0.2) is 11.3 Å². The van der Waals surface area contributed by atoms with Crippen LogP contribution in [0.4, 0.5) is 0 Å². The number of para-hydroxylation sites is 2. The smallest absolute Gasteiger partial charge is 0.260 e. The van der Waals surface area contributed by atoms with Crippen molar-refractivity contribution in [2.45, 2.75) is 0 Å². The van der Waals surface area contributed by atoms with E-state index in [0.29, 0.717) is 28.7 Å². The van der Waals surface area contributed by atoms with Crippen molar-refractivity contribution in [2.75, 3.05) is 0 Å². The molecule has 3 nitrogen and oxygen atoms in total. The molecule has 0 aliphatic carbocycles. The van der Waals surface area contributed by atoms with Gasteiger partial charge in [0, 0.05) is 33.6 Å². The number of ether oxygens (including phenoxy) is 2. The SMILES string of the molecule is [2H]c1c([2H])c([2H])c2c(c1[2H])c1c([2H])c([2H])c([2H])c([2H])c1n2-c1ccc2c(c1)Oc1ccc(-c3ccccc3)c3c1B2c1cc(-c2ccccc2)ccc1O3. The summed E-state index contributed by atoms with van der Waals surface area (Å²) in [5.41, 5.74) is 7.22. The predicted octanol–water partition coefficient (Wildman–Crippen LogP) is 8.85. The molecule has 0 saturated heterocycles. The zero-order valence-corrected chi connectivity index (χ0v) is 24.2. The Balaban J connectivity index is 1.25. The molecule has 0 atom stereocenters. The van der Waals surface area contributed by atoms with E-state index in [2.05, 4.69) is 24.3 Å². The minimum atomic E-state index is -0.483. The van der Waals surface area contributed by atoms with E-state index in [-0.39, 0.29) is 52.7 Å². The second-order valence-corrected chi connectivity index (χ2v) is 11.5. The second-order valence-electron chi connectivity index (χ2n) is 11.5. The molecule has 7 aromatic carbocycles. The van der Waals surface area contributed by atoms with Crippen LogP contribution in [0.2, 0.25) is 0 Å². The van der Waals surface area contributed by atoms with Gasteiger partial charge in [0.1, 0.15) is 23.0 Å². The molecule has 3 heterocycles. The van der Waals surface area contributed by atoms with Gasteiger partial charge in [-0.3, -0.25) is 0 Å². The van der Waals surface area contributed by atoms with Crippen molar-refractivity contribution in [3.63, 3.8) is 0 Å². The zero-order chi connectivity index (χ0) is 37.2. The fourth-order valence-corrected chi connectivity index (χ4v) is 6.95. The Morgan fingerprint density at radius 2 is 1.20 bits per heavy atom. The third-order valence-corrected chi connectivity index (χ3v) is 8.99. The van der Waals surface area contributed by atoms with E-state index in [0.717, 1.165) is 38.6 Å². The number of hydrogen-bond acceptors (Lipinski definition) is 2. The topological polar surface area (TPSA) is 23.4 Å². The normalized spacial score (nSPS) is 15.1. The van der Waals surface area contributed by atoms with E-state index in [1.54, 1.807) is 6.07 Å². The number of aromatic nitrogens is 1. The quantitative estimate of drug-likeness (QED) is 0.191. The van der Waals surface area contributed by atoms with E-state index in [1.165, 1.54) is 4.57 Å². The largest absolute Gasteiger partial charge is 0.458 e. The molecule has 10 rings (SSSR count). The molecule has 0 spiro atoms. The third kappa shape index (κ3) is 3.67. The average Bonchev–Trinajstić information content (AvgIpc) is 3.57. The fraction of sp³-hybridized carbons (Fsp3) is 0. The standard InChI is InChI=1S/C42H26BNO2/c1-3-11-27(12-4-1)29-19-23-38-35(25-29)43-34-22-20-30(44-36-17-9-7-15-32(36)33-16-8-10-18-37(33)44)26-40(34)45-39-24-21-31(42(46-38)41(39)43)28-13-5-2-6-14-28/h1-26H/i7D,8D,9D,10D,15D,16D,17D,18D. The monoisotopic (exact) mass is 595 g/mol. The summed E-state index contributed by atoms with van der Waals surface area (Å²) in [5.74, 6) is 2.51. The fourth-order valence-electron chi connectivity index (χ4n) is 6.95. The van der Waals surface area contributed by atoms with E-state index in [9.17, 15) is 0 Å². The molecule has 4 heteroatoms. The van der Waals surface area contributed by atoms with Crippen LogP contribution in [0.1, 0.15) is 11.0 Å². The van der Waals surface area contributed by atoms with Crippen LogP contribution in [0.25, 0.3) is 49.7 Å². The van der Waals surface area contributed by atoms with Crippen LogP contribution in [0.5, 0.6) is 23.0 Å². The van der Waals surface area contributed by atoms with Crippen molar-refractivity contribution in [1.29, 1.82) is 0 Å². The van der Waals surface area contributed by atoms with Gasteiger partial charge in [-0.1, -0.05) is 115 Å². The van der Waals surface area contributed by atoms with Crippen molar-refractivity contribution in [1.82, 2.24) is 4.57 Å². The molecule has 0 unspecified atom stereocenters. The molecule has 214 valence electrons. The Morgan fingerprint density at radius 1 is 0.522 bits per heavy atom. The molecule has 0 bridgehead atoms. The molecule has 8 aromatic rings. The Kier molecular flexibility index (Phi) is 3.97. The van der Waals surface area contributed by atoms with Crippen molar-refractivity contribution in [3.8, 4) is 50.9 Å². The van der Waals surface area contributed by atoms with Gasteiger partial charge in [-0.05, 0) is 64.0 Å². The lowest BCUT2D eigenvalue weighted by atomic mass is 9.34. The van der Waals surface area contributed by atoms with Gasteiger partial charge < -0.3 is 14.0 Å². The highest BCUT2D eigenvalue weighted by atomic mass is 16.5. The lowest BCUT2D eigenvalue weighted by molar-refractivity contribution is 0.465. The number of fused-ring (bicyclic) bond motifs is 7. The number of rotatable bonds is 3. The molecule has 2 aliphatic rings. The Morgan fingerprint density at radius 3 is 1.93 bits per heavy atom. The maximum atomic E-state index is 8.96. The summed E-state index contributed by atoms with van der Waals surface area (Å²) in [5, 5.41) is 0.0498. The van der Waals surface area contributed by atoms with Crippen molar-refractivity contribution >= 4 is 44.9 Å². The van der Waals surface area contributed by atoms with Gasteiger partial charge in [-0.2, -0.15) is 0 Å². The molecular weight excluding hydrogens is 561 g/mol. The molecule has 0 saturated carbocycles. The minimum Gasteiger partial charge on any atom is -0.458 e. The molecular formula is C42H26BNO2. The van der Waals surface area contributed by atoms with Crippen molar-refractivity contribution in [3.05, 3.63) is 158 Å². The van der Waals surface area contributed by atoms with Gasteiger partial charge >= 0.3 is 0 Å². The van der Waals surface area contributed by atoms with Crippen LogP contribution in [0.3, 0.4) is 0 Å². The summed E-state index contributed by atoms with van der Waals surface area (Å²) in [7, 11) is 0. The van der Waals surface area contributed by atoms with Crippen molar-refractivity contribution < 1.29 is 20.4 Å². The van der Waals surface area contributed by atoms with Crippen LogP contribution >= 0.6 is 0 Å². The zero-order valence-electron chi connectivity index (χ0n) is 32.2. The van der Waals surface area contributed by atoms with Gasteiger partial charge in [0.15, 0.2) is 0 Å². The van der Waals surface area contributed by atoms with Gasteiger partial charge in [0.25, 0.3) is 6.71 Å². The summed E-state index contributed by atoms with van der Waals surface area (Å²) in [6, 6.07) is 32.5. The number of hydrogen-bond donors (Lipinski definition) is 0. The Bertz CT molecular complexity index is 2860. The Labute approximate surface area is 278 Å². The molecule has 46 heavy (non-hydrogen) atoms. The average molecular weight is 596 g/mol. The molecule has 0 N–H and O–H groups in total. The molecule has 1 aromatic heterocycles. The molecule has 0 fully saturated rings. The highest BCUT2D eigenvalue weighted by Crippen LogP contribution is 2.42. The summed E-state index contributed by atoms with van der Waals surface area (Å²) in [4.78, 5) is 0. The van der Waals surface area contributed by atoms with E-state index in [4.69, 9.17) is 20.4 Å². The molecule has 2 aliphatic heterocycles.